The Kier molecular flexibility index (Phi) is 4.26. The Hall–Kier alpha value is -0.0800. The first-order valence-electron chi connectivity index (χ1n) is 7.17. The van der Waals surface area contributed by atoms with Crippen LogP contribution in [-0.4, -0.2) is 36.6 Å². The molecule has 94 valence electrons. The van der Waals surface area contributed by atoms with Crippen molar-refractivity contribution in [3.63, 3.8) is 0 Å². The van der Waals surface area contributed by atoms with Gasteiger partial charge in [-0.25, -0.2) is 0 Å². The van der Waals surface area contributed by atoms with Crippen molar-refractivity contribution < 1.29 is 0 Å². The molecule has 2 heteroatoms. The maximum atomic E-state index is 3.80. The van der Waals surface area contributed by atoms with E-state index in [4.69, 9.17) is 0 Å². The van der Waals surface area contributed by atoms with Crippen LogP contribution >= 0.6 is 0 Å². The summed E-state index contributed by atoms with van der Waals surface area (Å²) in [7, 11) is 2.29. The summed E-state index contributed by atoms with van der Waals surface area (Å²) >= 11 is 0. The summed E-state index contributed by atoms with van der Waals surface area (Å²) in [5, 5.41) is 3.80. The lowest BCUT2D eigenvalue weighted by molar-refractivity contribution is 0.229. The lowest BCUT2D eigenvalue weighted by Crippen LogP contribution is -2.43. The van der Waals surface area contributed by atoms with E-state index in [0.717, 1.165) is 18.0 Å². The molecule has 0 aromatic carbocycles. The molecule has 2 aliphatic carbocycles. The largest absolute Gasteiger partial charge is 0.312 e. The molecule has 0 amide bonds. The van der Waals surface area contributed by atoms with Crippen molar-refractivity contribution >= 4 is 0 Å². The molecular weight excluding hydrogens is 196 g/mol. The van der Waals surface area contributed by atoms with E-state index < -0.39 is 0 Å². The number of rotatable bonds is 6. The van der Waals surface area contributed by atoms with E-state index in [1.165, 1.54) is 45.1 Å². The summed E-state index contributed by atoms with van der Waals surface area (Å²) in [6, 6.07) is 2.40. The van der Waals surface area contributed by atoms with Crippen molar-refractivity contribution in [2.75, 3.05) is 13.6 Å². The van der Waals surface area contributed by atoms with Crippen LogP contribution in [0, 0.1) is 5.92 Å². The Balaban J connectivity index is 1.69. The maximum Gasteiger partial charge on any atom is 0.0192 e. The van der Waals surface area contributed by atoms with Crippen LogP contribution in [0.3, 0.4) is 0 Å². The molecule has 2 aliphatic rings. The summed E-state index contributed by atoms with van der Waals surface area (Å²) < 4.78 is 0. The zero-order valence-electron chi connectivity index (χ0n) is 11.2. The number of hydrogen-bond donors (Lipinski definition) is 1. The smallest absolute Gasteiger partial charge is 0.0192 e. The second kappa shape index (κ2) is 5.50. The number of nitrogens with zero attached hydrogens (tertiary/aromatic N) is 1. The van der Waals surface area contributed by atoms with Gasteiger partial charge in [0.25, 0.3) is 0 Å². The molecule has 3 unspecified atom stereocenters. The fourth-order valence-corrected chi connectivity index (χ4v) is 3.10. The van der Waals surface area contributed by atoms with Gasteiger partial charge in [0.05, 0.1) is 0 Å². The molecule has 2 fully saturated rings. The van der Waals surface area contributed by atoms with Crippen LogP contribution in [0.2, 0.25) is 0 Å². The van der Waals surface area contributed by atoms with E-state index in [2.05, 4.69) is 31.1 Å². The summed E-state index contributed by atoms with van der Waals surface area (Å²) in [5.74, 6) is 0.943. The first kappa shape index (κ1) is 12.4. The van der Waals surface area contributed by atoms with Crippen LogP contribution in [0.1, 0.15) is 52.4 Å². The highest BCUT2D eigenvalue weighted by Crippen LogP contribution is 2.29. The van der Waals surface area contributed by atoms with Crippen molar-refractivity contribution in [2.24, 2.45) is 5.92 Å². The quantitative estimate of drug-likeness (QED) is 0.746. The van der Waals surface area contributed by atoms with Crippen LogP contribution in [0.5, 0.6) is 0 Å². The molecule has 2 nitrogen and oxygen atoms in total. The average molecular weight is 224 g/mol. The Morgan fingerprint density at radius 3 is 2.62 bits per heavy atom. The van der Waals surface area contributed by atoms with E-state index in [9.17, 15) is 0 Å². The van der Waals surface area contributed by atoms with Gasteiger partial charge in [0.1, 0.15) is 0 Å². The van der Waals surface area contributed by atoms with Gasteiger partial charge in [0.2, 0.25) is 0 Å². The summed E-state index contributed by atoms with van der Waals surface area (Å²) in [4.78, 5) is 2.56. The topological polar surface area (TPSA) is 15.3 Å². The van der Waals surface area contributed by atoms with Crippen LogP contribution in [0.4, 0.5) is 0 Å². The van der Waals surface area contributed by atoms with Gasteiger partial charge >= 0.3 is 0 Å². The second-order valence-corrected chi connectivity index (χ2v) is 5.86. The van der Waals surface area contributed by atoms with E-state index in [0.29, 0.717) is 6.04 Å². The SMILES string of the molecule is CCC1CCCC1NCC(C)N(C)C1CC1. The molecule has 3 atom stereocenters. The second-order valence-electron chi connectivity index (χ2n) is 5.86. The molecule has 0 spiro atoms. The monoisotopic (exact) mass is 224 g/mol. The van der Waals surface area contributed by atoms with E-state index in [1.807, 2.05) is 0 Å². The number of nitrogens with one attached hydrogen (secondary N) is 1. The maximum absolute atomic E-state index is 3.80. The van der Waals surface area contributed by atoms with Gasteiger partial charge in [-0.2, -0.15) is 0 Å². The van der Waals surface area contributed by atoms with E-state index in [-0.39, 0.29) is 0 Å². The molecule has 0 bridgehead atoms. The van der Waals surface area contributed by atoms with E-state index >= 15 is 0 Å². The molecule has 2 rings (SSSR count). The molecular formula is C14H28N2. The summed E-state index contributed by atoms with van der Waals surface area (Å²) in [6.07, 6.45) is 8.47. The van der Waals surface area contributed by atoms with Crippen molar-refractivity contribution in [3.8, 4) is 0 Å². The summed E-state index contributed by atoms with van der Waals surface area (Å²) in [5.41, 5.74) is 0. The fraction of sp³-hybridized carbons (Fsp3) is 1.00. The Bertz CT molecular complexity index is 213. The van der Waals surface area contributed by atoms with Crippen molar-refractivity contribution in [3.05, 3.63) is 0 Å². The third-order valence-corrected chi connectivity index (χ3v) is 4.68. The Morgan fingerprint density at radius 2 is 2.00 bits per heavy atom. The molecule has 1 N–H and O–H groups in total. The van der Waals surface area contributed by atoms with Gasteiger partial charge in [-0.05, 0) is 45.6 Å². The number of likely N-dealkylation sites (N-methyl/N-ethyl adjacent to an activating group) is 1. The van der Waals surface area contributed by atoms with Gasteiger partial charge in [-0.1, -0.05) is 19.8 Å². The molecule has 2 saturated carbocycles. The van der Waals surface area contributed by atoms with E-state index in [1.54, 1.807) is 0 Å². The highest BCUT2D eigenvalue weighted by Gasteiger charge is 2.30. The first-order chi connectivity index (χ1) is 7.72. The van der Waals surface area contributed by atoms with Gasteiger partial charge < -0.3 is 5.32 Å². The molecule has 0 aromatic rings. The van der Waals surface area contributed by atoms with Crippen molar-refractivity contribution in [1.29, 1.82) is 0 Å². The predicted octanol–water partition coefficient (Wildman–Crippen LogP) is 2.64. The minimum absolute atomic E-state index is 0.700. The minimum Gasteiger partial charge on any atom is -0.312 e. The fourth-order valence-electron chi connectivity index (χ4n) is 3.10. The Labute approximate surface area is 101 Å². The summed E-state index contributed by atoms with van der Waals surface area (Å²) in [6.45, 7) is 5.87. The van der Waals surface area contributed by atoms with Gasteiger partial charge in [0.15, 0.2) is 0 Å². The van der Waals surface area contributed by atoms with Crippen LogP contribution in [0.15, 0.2) is 0 Å². The highest BCUT2D eigenvalue weighted by molar-refractivity contribution is 4.88. The third kappa shape index (κ3) is 2.98. The molecule has 0 radical (unpaired) electrons. The minimum atomic E-state index is 0.700. The predicted molar refractivity (Wildman–Crippen MR) is 69.7 cm³/mol. The lowest BCUT2D eigenvalue weighted by Gasteiger charge is -2.28. The third-order valence-electron chi connectivity index (χ3n) is 4.68. The van der Waals surface area contributed by atoms with Crippen molar-refractivity contribution in [1.82, 2.24) is 10.2 Å². The van der Waals surface area contributed by atoms with Crippen LogP contribution < -0.4 is 5.32 Å². The van der Waals surface area contributed by atoms with Crippen LogP contribution in [-0.2, 0) is 0 Å². The Morgan fingerprint density at radius 1 is 1.25 bits per heavy atom. The first-order valence-corrected chi connectivity index (χ1v) is 7.17. The average Bonchev–Trinajstić information content (AvgIpc) is 3.04. The molecule has 0 aromatic heterocycles. The standard InChI is InChI=1S/C14H28N2/c1-4-12-6-5-7-14(12)15-10-11(2)16(3)13-8-9-13/h11-15H,4-10H2,1-3H3. The van der Waals surface area contributed by atoms with Gasteiger partial charge in [-0.3, -0.25) is 4.90 Å². The highest BCUT2D eigenvalue weighted by atomic mass is 15.2. The normalized spacial score (nSPS) is 32.2. The number of hydrogen-bond acceptors (Lipinski definition) is 2. The zero-order valence-corrected chi connectivity index (χ0v) is 11.2. The molecule has 16 heavy (non-hydrogen) atoms. The lowest BCUT2D eigenvalue weighted by atomic mass is 10.0. The molecule has 0 saturated heterocycles. The molecule has 0 heterocycles. The van der Waals surface area contributed by atoms with Crippen LogP contribution in [0.25, 0.3) is 0 Å². The van der Waals surface area contributed by atoms with Crippen molar-refractivity contribution in [2.45, 2.75) is 70.5 Å². The van der Waals surface area contributed by atoms with Gasteiger partial charge in [0, 0.05) is 24.7 Å². The van der Waals surface area contributed by atoms with Gasteiger partial charge in [-0.15, -0.1) is 0 Å². The molecule has 0 aliphatic heterocycles. The zero-order chi connectivity index (χ0) is 11.5.